The molecule has 8 atom stereocenters. The number of carbonyl (C=O) groups is 1. The van der Waals surface area contributed by atoms with E-state index in [0.29, 0.717) is 18.9 Å². The zero-order chi connectivity index (χ0) is 17.6. The molecule has 1 heterocycles. The SMILES string of the molecule is C=C1C(=O)C23CC[C@@H]1CC2C12CCC[C@@](C)(CO[C@H]1OC)C2C[C@H]3O. The largest absolute Gasteiger partial charge is 0.392 e. The predicted molar refractivity (Wildman–Crippen MR) is 92.7 cm³/mol. The lowest BCUT2D eigenvalue weighted by molar-refractivity contribution is -0.348. The minimum Gasteiger partial charge on any atom is -0.392 e. The maximum absolute atomic E-state index is 13.3. The fourth-order valence-electron chi connectivity index (χ4n) is 8.00. The highest BCUT2D eigenvalue weighted by Crippen LogP contribution is 2.73. The number of rotatable bonds is 1. The lowest BCUT2D eigenvalue weighted by Gasteiger charge is -2.71. The highest BCUT2D eigenvalue weighted by molar-refractivity contribution is 6.02. The van der Waals surface area contributed by atoms with Gasteiger partial charge in [0.15, 0.2) is 12.1 Å². The first-order valence-electron chi connectivity index (χ1n) is 9.96. The van der Waals surface area contributed by atoms with Crippen molar-refractivity contribution in [2.24, 2.45) is 34.0 Å². The van der Waals surface area contributed by atoms with Crippen LogP contribution < -0.4 is 0 Å². The van der Waals surface area contributed by atoms with E-state index in [1.165, 1.54) is 6.42 Å². The van der Waals surface area contributed by atoms with E-state index >= 15 is 0 Å². The molecule has 4 heteroatoms. The number of allylic oxidation sites excluding steroid dienone is 1. The van der Waals surface area contributed by atoms with Crippen molar-refractivity contribution in [2.45, 2.75) is 64.3 Å². The zero-order valence-corrected chi connectivity index (χ0v) is 15.4. The summed E-state index contributed by atoms with van der Waals surface area (Å²) >= 11 is 0. The number of ketones is 1. The third-order valence-corrected chi connectivity index (χ3v) is 9.02. The van der Waals surface area contributed by atoms with E-state index in [1.807, 2.05) is 0 Å². The van der Waals surface area contributed by atoms with Gasteiger partial charge < -0.3 is 14.6 Å². The normalized spacial score (nSPS) is 57.2. The Bertz CT molecular complexity index is 644. The van der Waals surface area contributed by atoms with Crippen molar-refractivity contribution >= 4 is 5.78 Å². The van der Waals surface area contributed by atoms with E-state index in [4.69, 9.17) is 9.47 Å². The molecule has 4 bridgehead atoms. The molecule has 25 heavy (non-hydrogen) atoms. The van der Waals surface area contributed by atoms with Gasteiger partial charge in [0.25, 0.3) is 0 Å². The highest BCUT2D eigenvalue weighted by atomic mass is 16.7. The number of methoxy groups -OCH3 is 1. The molecule has 4 nitrogen and oxygen atoms in total. The Morgan fingerprint density at radius 3 is 2.80 bits per heavy atom. The standard InChI is InChI=1S/C21H30O4/c1-12-13-5-8-21(17(12)23)15(9-13)20-7-4-6-19(2,11-25-18(20)24-3)14(20)10-16(21)22/h13-16,18,22H,1,4-11H2,2-3H3/t13-,14?,15?,16-,18-,19+,20?,21?/m1/s1. The van der Waals surface area contributed by atoms with Crippen LogP contribution in [0.1, 0.15) is 51.9 Å². The molecule has 0 aromatic rings. The number of hydrogen-bond acceptors (Lipinski definition) is 4. The maximum atomic E-state index is 13.3. The van der Waals surface area contributed by atoms with Gasteiger partial charge in [-0.05, 0) is 67.3 Å². The fourth-order valence-corrected chi connectivity index (χ4v) is 8.00. The third kappa shape index (κ3) is 1.68. The Morgan fingerprint density at radius 1 is 1.24 bits per heavy atom. The molecule has 0 amide bonds. The maximum Gasteiger partial charge on any atom is 0.167 e. The summed E-state index contributed by atoms with van der Waals surface area (Å²) < 4.78 is 12.2. The summed E-state index contributed by atoms with van der Waals surface area (Å²) in [5.41, 5.74) is 0.0829. The van der Waals surface area contributed by atoms with Gasteiger partial charge in [0, 0.05) is 12.5 Å². The molecule has 0 aromatic carbocycles. The number of fused-ring (bicyclic) bond motifs is 2. The smallest absolute Gasteiger partial charge is 0.167 e. The molecule has 6 fully saturated rings. The first-order chi connectivity index (χ1) is 11.9. The summed E-state index contributed by atoms with van der Waals surface area (Å²) in [6, 6.07) is 0. The molecule has 138 valence electrons. The molecule has 1 aliphatic heterocycles. The summed E-state index contributed by atoms with van der Waals surface area (Å²) in [6.07, 6.45) is 6.05. The minimum absolute atomic E-state index is 0.0899. The second kappa shape index (κ2) is 4.96. The molecule has 0 radical (unpaired) electrons. The molecule has 1 spiro atoms. The van der Waals surface area contributed by atoms with E-state index in [2.05, 4.69) is 13.5 Å². The monoisotopic (exact) mass is 346 g/mol. The van der Waals surface area contributed by atoms with Crippen LogP contribution in [0.3, 0.4) is 0 Å². The Kier molecular flexibility index (Phi) is 3.27. The van der Waals surface area contributed by atoms with E-state index < -0.39 is 11.5 Å². The van der Waals surface area contributed by atoms with Crippen LogP contribution in [0, 0.1) is 34.0 Å². The van der Waals surface area contributed by atoms with Crippen LogP contribution in [-0.2, 0) is 14.3 Å². The van der Waals surface area contributed by atoms with Crippen LogP contribution in [-0.4, -0.2) is 37.0 Å². The van der Waals surface area contributed by atoms with Gasteiger partial charge in [0.1, 0.15) is 0 Å². The summed E-state index contributed by atoms with van der Waals surface area (Å²) in [4.78, 5) is 13.3. The molecule has 6 aliphatic rings. The van der Waals surface area contributed by atoms with Crippen LogP contribution in [0.4, 0.5) is 0 Å². The predicted octanol–water partition coefficient (Wildman–Crippen LogP) is 3.09. The number of ether oxygens (including phenoxy) is 2. The van der Waals surface area contributed by atoms with Gasteiger partial charge in [-0.25, -0.2) is 0 Å². The Labute approximate surface area is 150 Å². The second-order valence-electron chi connectivity index (χ2n) is 9.72. The van der Waals surface area contributed by atoms with Gasteiger partial charge >= 0.3 is 0 Å². The molecule has 1 N–H and O–H groups in total. The van der Waals surface area contributed by atoms with Gasteiger partial charge in [-0.3, -0.25) is 4.79 Å². The van der Waals surface area contributed by atoms with Crippen LogP contribution in [0.5, 0.6) is 0 Å². The fraction of sp³-hybridized carbons (Fsp3) is 0.857. The zero-order valence-electron chi connectivity index (χ0n) is 15.4. The quantitative estimate of drug-likeness (QED) is 0.741. The van der Waals surface area contributed by atoms with Crippen molar-refractivity contribution in [1.82, 2.24) is 0 Å². The molecule has 6 rings (SSSR count). The number of carbonyl (C=O) groups excluding carboxylic acids is 1. The van der Waals surface area contributed by atoms with Crippen molar-refractivity contribution in [2.75, 3.05) is 13.7 Å². The van der Waals surface area contributed by atoms with E-state index in [1.54, 1.807) is 7.11 Å². The molecular formula is C21H30O4. The summed E-state index contributed by atoms with van der Waals surface area (Å²) in [7, 11) is 1.74. The summed E-state index contributed by atoms with van der Waals surface area (Å²) in [5.74, 6) is 0.967. The minimum atomic E-state index is -0.641. The third-order valence-electron chi connectivity index (χ3n) is 9.02. The second-order valence-corrected chi connectivity index (χ2v) is 9.72. The first kappa shape index (κ1) is 16.5. The van der Waals surface area contributed by atoms with Gasteiger partial charge in [0.2, 0.25) is 0 Å². The topological polar surface area (TPSA) is 55.8 Å². The van der Waals surface area contributed by atoms with Gasteiger partial charge in [-0.1, -0.05) is 19.9 Å². The average Bonchev–Trinajstić information content (AvgIpc) is 2.60. The van der Waals surface area contributed by atoms with Gasteiger partial charge in [-0.2, -0.15) is 0 Å². The van der Waals surface area contributed by atoms with E-state index in [0.717, 1.165) is 37.7 Å². The van der Waals surface area contributed by atoms with Crippen molar-refractivity contribution in [3.05, 3.63) is 12.2 Å². The van der Waals surface area contributed by atoms with Crippen LogP contribution >= 0.6 is 0 Å². The first-order valence-corrected chi connectivity index (χ1v) is 9.96. The summed E-state index contributed by atoms with van der Waals surface area (Å²) in [5, 5.41) is 11.3. The van der Waals surface area contributed by atoms with Crippen LogP contribution in [0.25, 0.3) is 0 Å². The van der Waals surface area contributed by atoms with Gasteiger partial charge in [0.05, 0.1) is 18.1 Å². The van der Waals surface area contributed by atoms with Crippen molar-refractivity contribution in [3.8, 4) is 0 Å². The molecule has 5 saturated carbocycles. The number of aliphatic hydroxyl groups is 1. The van der Waals surface area contributed by atoms with E-state index in [9.17, 15) is 9.90 Å². The molecule has 5 aliphatic carbocycles. The Morgan fingerprint density at radius 2 is 2.04 bits per heavy atom. The van der Waals surface area contributed by atoms with Gasteiger partial charge in [-0.15, -0.1) is 0 Å². The number of hydrogen-bond donors (Lipinski definition) is 1. The van der Waals surface area contributed by atoms with E-state index in [-0.39, 0.29) is 34.7 Å². The lowest BCUT2D eigenvalue weighted by Crippen LogP contribution is -2.73. The Hall–Kier alpha value is -0.710. The average molecular weight is 346 g/mol. The van der Waals surface area contributed by atoms with Crippen LogP contribution in [0.2, 0.25) is 0 Å². The number of Topliss-reactive ketones (excluding diaryl/α,β-unsaturated/α-hetero) is 1. The van der Waals surface area contributed by atoms with Crippen molar-refractivity contribution in [3.63, 3.8) is 0 Å². The Balaban J connectivity index is 1.71. The van der Waals surface area contributed by atoms with Crippen LogP contribution in [0.15, 0.2) is 12.2 Å². The number of aliphatic hydroxyl groups excluding tert-OH is 1. The molecule has 0 aromatic heterocycles. The van der Waals surface area contributed by atoms with Crippen molar-refractivity contribution in [1.29, 1.82) is 0 Å². The highest BCUT2D eigenvalue weighted by Gasteiger charge is 2.74. The molecule has 4 unspecified atom stereocenters. The van der Waals surface area contributed by atoms with Crippen molar-refractivity contribution < 1.29 is 19.4 Å². The lowest BCUT2D eigenvalue weighted by atomic mass is 9.34. The molecular weight excluding hydrogens is 316 g/mol. The molecule has 1 saturated heterocycles. The summed E-state index contributed by atoms with van der Waals surface area (Å²) in [6.45, 7) is 7.14.